The zero-order valence-electron chi connectivity index (χ0n) is 13.0. The van der Waals surface area contributed by atoms with Crippen molar-refractivity contribution >= 4 is 5.97 Å². The van der Waals surface area contributed by atoms with E-state index in [0.29, 0.717) is 5.57 Å². The Bertz CT molecular complexity index is 684. The van der Waals surface area contributed by atoms with E-state index >= 15 is 0 Å². The van der Waals surface area contributed by atoms with Gasteiger partial charge in [-0.15, -0.1) is 0 Å². The molecule has 1 unspecified atom stereocenters. The average molecular weight is 296 g/mol. The number of hydrogen-bond acceptors (Lipinski definition) is 2. The first-order valence-corrected chi connectivity index (χ1v) is 7.13. The molecule has 0 radical (unpaired) electrons. The van der Waals surface area contributed by atoms with Gasteiger partial charge in [-0.3, -0.25) is 0 Å². The number of ether oxygens (including phenoxy) is 1. The van der Waals surface area contributed by atoms with Crippen LogP contribution >= 0.6 is 0 Å². The molecule has 22 heavy (non-hydrogen) atoms. The van der Waals surface area contributed by atoms with Crippen molar-refractivity contribution < 1.29 is 14.6 Å². The summed E-state index contributed by atoms with van der Waals surface area (Å²) in [5, 5.41) is 9.17. The summed E-state index contributed by atoms with van der Waals surface area (Å²) in [5.41, 5.74) is 3.59. The number of aryl methyl sites for hydroxylation is 1. The highest BCUT2D eigenvalue weighted by Gasteiger charge is 2.14. The van der Waals surface area contributed by atoms with Crippen LogP contribution in [0.5, 0.6) is 5.75 Å². The van der Waals surface area contributed by atoms with E-state index in [9.17, 15) is 9.90 Å². The molecule has 3 nitrogen and oxygen atoms in total. The minimum absolute atomic E-state index is 0.0955. The predicted molar refractivity (Wildman–Crippen MR) is 87.4 cm³/mol. The van der Waals surface area contributed by atoms with Crippen LogP contribution in [0.3, 0.4) is 0 Å². The standard InChI is InChI=1S/C19H20O3/c1-13-5-4-6-16(11-13)18(12-14(2)19(20)21)15-7-9-17(22-3)10-8-15/h4-12,18H,1-3H3,(H,20,21)/b14-12+. The molecule has 0 fully saturated rings. The second kappa shape index (κ2) is 6.94. The van der Waals surface area contributed by atoms with E-state index in [4.69, 9.17) is 4.74 Å². The molecule has 0 spiro atoms. The monoisotopic (exact) mass is 296 g/mol. The van der Waals surface area contributed by atoms with Crippen molar-refractivity contribution in [2.45, 2.75) is 19.8 Å². The summed E-state index contributed by atoms with van der Waals surface area (Å²) in [4.78, 5) is 11.2. The number of aliphatic carboxylic acids is 1. The van der Waals surface area contributed by atoms with Crippen molar-refractivity contribution in [1.82, 2.24) is 0 Å². The van der Waals surface area contributed by atoms with Crippen molar-refractivity contribution in [3.63, 3.8) is 0 Å². The number of hydrogen-bond donors (Lipinski definition) is 1. The molecule has 1 N–H and O–H groups in total. The van der Waals surface area contributed by atoms with Crippen LogP contribution in [0.25, 0.3) is 0 Å². The minimum atomic E-state index is -0.897. The summed E-state index contributed by atoms with van der Waals surface area (Å²) in [7, 11) is 1.63. The summed E-state index contributed by atoms with van der Waals surface area (Å²) >= 11 is 0. The maximum Gasteiger partial charge on any atom is 0.330 e. The van der Waals surface area contributed by atoms with Gasteiger partial charge in [-0.1, -0.05) is 48.0 Å². The first kappa shape index (κ1) is 15.8. The molecule has 0 aromatic heterocycles. The minimum Gasteiger partial charge on any atom is -0.497 e. The molecule has 2 rings (SSSR count). The maximum absolute atomic E-state index is 11.2. The molecule has 0 aliphatic rings. The molecule has 0 saturated heterocycles. The number of allylic oxidation sites excluding steroid dienone is 1. The van der Waals surface area contributed by atoms with E-state index in [1.165, 1.54) is 0 Å². The largest absolute Gasteiger partial charge is 0.497 e. The van der Waals surface area contributed by atoms with Gasteiger partial charge >= 0.3 is 5.97 Å². The first-order chi connectivity index (χ1) is 10.5. The van der Waals surface area contributed by atoms with Gasteiger partial charge in [-0.05, 0) is 37.1 Å². The van der Waals surface area contributed by atoms with Gasteiger partial charge < -0.3 is 9.84 Å². The third-order valence-corrected chi connectivity index (χ3v) is 3.63. The van der Waals surface area contributed by atoms with Crippen LogP contribution in [0, 0.1) is 6.92 Å². The molecule has 2 aromatic carbocycles. The second-order valence-electron chi connectivity index (χ2n) is 5.32. The van der Waals surface area contributed by atoms with Gasteiger partial charge in [0.1, 0.15) is 5.75 Å². The summed E-state index contributed by atoms with van der Waals surface area (Å²) < 4.78 is 5.18. The summed E-state index contributed by atoms with van der Waals surface area (Å²) in [6.45, 7) is 3.65. The Balaban J connectivity index is 2.49. The zero-order valence-corrected chi connectivity index (χ0v) is 13.0. The van der Waals surface area contributed by atoms with Crippen LogP contribution in [-0.4, -0.2) is 18.2 Å². The fourth-order valence-corrected chi connectivity index (χ4v) is 2.38. The average Bonchev–Trinajstić information content (AvgIpc) is 2.52. The molecule has 0 aliphatic carbocycles. The van der Waals surface area contributed by atoms with Gasteiger partial charge in [-0.2, -0.15) is 0 Å². The lowest BCUT2D eigenvalue weighted by Crippen LogP contribution is -2.03. The lowest BCUT2D eigenvalue weighted by molar-refractivity contribution is -0.132. The third-order valence-electron chi connectivity index (χ3n) is 3.63. The number of carboxylic acids is 1. The van der Waals surface area contributed by atoms with Crippen LogP contribution in [0.4, 0.5) is 0 Å². The van der Waals surface area contributed by atoms with Crippen LogP contribution < -0.4 is 4.74 Å². The van der Waals surface area contributed by atoms with Gasteiger partial charge in [0.15, 0.2) is 0 Å². The highest BCUT2D eigenvalue weighted by atomic mass is 16.5. The van der Waals surface area contributed by atoms with Crippen molar-refractivity contribution in [3.05, 3.63) is 76.9 Å². The summed E-state index contributed by atoms with van der Waals surface area (Å²) in [6.07, 6.45) is 1.79. The molecule has 0 saturated carbocycles. The topological polar surface area (TPSA) is 46.5 Å². The highest BCUT2D eigenvalue weighted by Crippen LogP contribution is 2.29. The first-order valence-electron chi connectivity index (χ1n) is 7.13. The second-order valence-corrected chi connectivity index (χ2v) is 5.32. The molecular formula is C19H20O3. The number of carbonyl (C=O) groups is 1. The van der Waals surface area contributed by atoms with Gasteiger partial charge in [0.2, 0.25) is 0 Å². The Morgan fingerprint density at radius 3 is 2.36 bits per heavy atom. The van der Waals surface area contributed by atoms with Crippen LogP contribution in [0.15, 0.2) is 60.2 Å². The Morgan fingerprint density at radius 2 is 1.82 bits per heavy atom. The van der Waals surface area contributed by atoms with Gasteiger partial charge in [-0.25, -0.2) is 4.79 Å². The van der Waals surface area contributed by atoms with Crippen LogP contribution in [-0.2, 0) is 4.79 Å². The van der Waals surface area contributed by atoms with Gasteiger partial charge in [0, 0.05) is 11.5 Å². The Morgan fingerprint density at radius 1 is 1.14 bits per heavy atom. The molecule has 3 heteroatoms. The van der Waals surface area contributed by atoms with Crippen molar-refractivity contribution in [2.24, 2.45) is 0 Å². The Kier molecular flexibility index (Phi) is 4.99. The van der Waals surface area contributed by atoms with Gasteiger partial charge in [0.05, 0.1) is 7.11 Å². The smallest absolute Gasteiger partial charge is 0.330 e. The fraction of sp³-hybridized carbons (Fsp3) is 0.211. The van der Waals surface area contributed by atoms with Gasteiger partial charge in [0.25, 0.3) is 0 Å². The fourth-order valence-electron chi connectivity index (χ4n) is 2.38. The van der Waals surface area contributed by atoms with Crippen LogP contribution in [0.2, 0.25) is 0 Å². The van der Waals surface area contributed by atoms with E-state index in [-0.39, 0.29) is 5.92 Å². The number of methoxy groups -OCH3 is 1. The number of benzene rings is 2. The molecule has 0 heterocycles. The third kappa shape index (κ3) is 3.76. The van der Waals surface area contributed by atoms with Crippen molar-refractivity contribution in [1.29, 1.82) is 0 Å². The van der Waals surface area contributed by atoms with E-state index in [2.05, 4.69) is 6.07 Å². The summed E-state index contributed by atoms with van der Waals surface area (Å²) in [5.74, 6) is -0.209. The Labute approximate surface area is 130 Å². The van der Waals surface area contributed by atoms with E-state index in [1.807, 2.05) is 49.4 Å². The Hall–Kier alpha value is -2.55. The maximum atomic E-state index is 11.2. The number of carboxylic acid groups (broad SMARTS) is 1. The normalized spacial score (nSPS) is 12.8. The summed E-state index contributed by atoms with van der Waals surface area (Å²) in [6, 6.07) is 15.8. The van der Waals surface area contributed by atoms with E-state index in [1.54, 1.807) is 20.1 Å². The van der Waals surface area contributed by atoms with Crippen molar-refractivity contribution in [2.75, 3.05) is 7.11 Å². The molecular weight excluding hydrogens is 276 g/mol. The molecule has 1 atom stereocenters. The lowest BCUT2D eigenvalue weighted by Gasteiger charge is -2.16. The quantitative estimate of drug-likeness (QED) is 0.842. The predicted octanol–water partition coefficient (Wildman–Crippen LogP) is 4.17. The molecule has 0 bridgehead atoms. The molecule has 2 aromatic rings. The SMILES string of the molecule is COc1ccc(C(/C=C(\C)C(=O)O)c2cccc(C)c2)cc1. The van der Waals surface area contributed by atoms with E-state index in [0.717, 1.165) is 22.4 Å². The molecule has 0 aliphatic heterocycles. The van der Waals surface area contributed by atoms with Crippen LogP contribution in [0.1, 0.15) is 29.5 Å². The molecule has 0 amide bonds. The number of rotatable bonds is 5. The zero-order chi connectivity index (χ0) is 16.1. The molecule has 114 valence electrons. The lowest BCUT2D eigenvalue weighted by atomic mass is 9.89. The van der Waals surface area contributed by atoms with E-state index < -0.39 is 5.97 Å². The van der Waals surface area contributed by atoms with Crippen molar-refractivity contribution in [3.8, 4) is 5.75 Å². The highest BCUT2D eigenvalue weighted by molar-refractivity contribution is 5.86.